The standard InChI is InChI=1S/C17H19O4P/c1-3-7-13-11-14(18)10-12(2)16(13)17(19)21-22(20)15-8-5-4-6-9-15/h4-6,8-11,18,22H,3,7H2,1-2H3. The monoisotopic (exact) mass is 318 g/mol. The highest BCUT2D eigenvalue weighted by molar-refractivity contribution is 7.49. The normalized spacial score (nSPS) is 11.9. The van der Waals surface area contributed by atoms with E-state index in [0.29, 0.717) is 28.4 Å². The average molecular weight is 318 g/mol. The van der Waals surface area contributed by atoms with Gasteiger partial charge >= 0.3 is 5.97 Å². The molecule has 0 fully saturated rings. The molecule has 0 saturated heterocycles. The number of aryl methyl sites for hydroxylation is 2. The van der Waals surface area contributed by atoms with Crippen molar-refractivity contribution in [1.29, 1.82) is 0 Å². The molecule has 1 N–H and O–H groups in total. The number of phenols is 1. The highest BCUT2D eigenvalue weighted by atomic mass is 31.1. The van der Waals surface area contributed by atoms with Gasteiger partial charge in [-0.25, -0.2) is 4.79 Å². The average Bonchev–Trinajstić information content (AvgIpc) is 2.47. The fourth-order valence-corrected chi connectivity index (χ4v) is 3.22. The fourth-order valence-electron chi connectivity index (χ4n) is 2.37. The van der Waals surface area contributed by atoms with Crippen molar-refractivity contribution < 1.29 is 19.0 Å². The van der Waals surface area contributed by atoms with Crippen LogP contribution in [0.3, 0.4) is 0 Å². The van der Waals surface area contributed by atoms with Crippen LogP contribution in [0.15, 0.2) is 42.5 Å². The van der Waals surface area contributed by atoms with Crippen molar-refractivity contribution in [3.8, 4) is 5.75 Å². The summed E-state index contributed by atoms with van der Waals surface area (Å²) in [5, 5.41) is 10.2. The molecule has 5 heteroatoms. The van der Waals surface area contributed by atoms with Gasteiger partial charge in [-0.05, 0) is 48.7 Å². The second-order valence-corrected chi connectivity index (χ2v) is 6.45. The molecule has 1 unspecified atom stereocenters. The lowest BCUT2D eigenvalue weighted by molar-refractivity contribution is 0.0750. The van der Waals surface area contributed by atoms with Crippen molar-refractivity contribution in [2.75, 3.05) is 0 Å². The summed E-state index contributed by atoms with van der Waals surface area (Å²) in [6, 6.07) is 11.7. The van der Waals surface area contributed by atoms with E-state index < -0.39 is 14.0 Å². The van der Waals surface area contributed by atoms with Gasteiger partial charge in [-0.2, -0.15) is 0 Å². The molecule has 116 valence electrons. The first kappa shape index (κ1) is 16.3. The number of rotatable bonds is 5. The van der Waals surface area contributed by atoms with Crippen molar-refractivity contribution in [3.05, 3.63) is 59.2 Å². The van der Waals surface area contributed by atoms with Crippen LogP contribution in [0.1, 0.15) is 34.8 Å². The smallest absolute Gasteiger partial charge is 0.343 e. The maximum absolute atomic E-state index is 12.4. The Bertz CT molecular complexity index is 695. The number of carbonyl (C=O) groups is 1. The van der Waals surface area contributed by atoms with E-state index in [1.54, 1.807) is 37.3 Å². The van der Waals surface area contributed by atoms with E-state index in [-0.39, 0.29) is 5.75 Å². The first-order valence-electron chi connectivity index (χ1n) is 7.17. The highest BCUT2D eigenvalue weighted by Crippen LogP contribution is 2.28. The van der Waals surface area contributed by atoms with Gasteiger partial charge in [0.1, 0.15) is 5.75 Å². The van der Waals surface area contributed by atoms with Gasteiger partial charge in [0.25, 0.3) is 8.03 Å². The molecule has 2 aromatic carbocycles. The van der Waals surface area contributed by atoms with Gasteiger partial charge in [0.15, 0.2) is 0 Å². The zero-order chi connectivity index (χ0) is 16.1. The van der Waals surface area contributed by atoms with Crippen molar-refractivity contribution in [1.82, 2.24) is 0 Å². The first-order chi connectivity index (χ1) is 10.5. The van der Waals surface area contributed by atoms with Crippen LogP contribution < -0.4 is 5.30 Å². The van der Waals surface area contributed by atoms with Crippen LogP contribution >= 0.6 is 8.03 Å². The molecule has 0 spiro atoms. The van der Waals surface area contributed by atoms with Crippen LogP contribution in [0.25, 0.3) is 0 Å². The summed E-state index contributed by atoms with van der Waals surface area (Å²) < 4.78 is 17.3. The molecule has 0 heterocycles. The summed E-state index contributed by atoms with van der Waals surface area (Å²) in [4.78, 5) is 12.4. The predicted octanol–water partition coefficient (Wildman–Crippen LogP) is 3.61. The van der Waals surface area contributed by atoms with Crippen molar-refractivity contribution in [2.24, 2.45) is 0 Å². The third-order valence-electron chi connectivity index (χ3n) is 3.32. The Hall–Kier alpha value is -2.06. The second kappa shape index (κ2) is 7.28. The van der Waals surface area contributed by atoms with Crippen molar-refractivity contribution in [2.45, 2.75) is 26.7 Å². The van der Waals surface area contributed by atoms with Crippen molar-refractivity contribution >= 4 is 19.3 Å². The fraction of sp³-hybridized carbons (Fsp3) is 0.235. The number of aromatic hydroxyl groups is 1. The zero-order valence-corrected chi connectivity index (χ0v) is 13.6. The van der Waals surface area contributed by atoms with E-state index in [2.05, 4.69) is 0 Å². The molecule has 0 amide bonds. The summed E-state index contributed by atoms with van der Waals surface area (Å²) in [6.45, 7) is 3.72. The number of phenolic OH excluding ortho intramolecular Hbond substituents is 1. The van der Waals surface area contributed by atoms with Gasteiger partial charge in [0.05, 0.1) is 5.56 Å². The van der Waals surface area contributed by atoms with Crippen LogP contribution in [0.4, 0.5) is 0 Å². The third kappa shape index (κ3) is 3.77. The molecular formula is C17H19O4P. The SMILES string of the molecule is CCCc1cc(O)cc(C)c1C(=O)O[PH](=O)c1ccccc1. The van der Waals surface area contributed by atoms with Crippen LogP contribution in [-0.2, 0) is 15.5 Å². The van der Waals surface area contributed by atoms with Crippen molar-refractivity contribution in [3.63, 3.8) is 0 Å². The van der Waals surface area contributed by atoms with Gasteiger partial charge in [-0.15, -0.1) is 0 Å². The Morgan fingerprint density at radius 1 is 1.23 bits per heavy atom. The lowest BCUT2D eigenvalue weighted by Crippen LogP contribution is -2.10. The Balaban J connectivity index is 2.28. The number of carbonyl (C=O) groups excluding carboxylic acids is 1. The topological polar surface area (TPSA) is 63.6 Å². The van der Waals surface area contributed by atoms with Gasteiger partial charge in [0, 0.05) is 5.30 Å². The summed E-state index contributed by atoms with van der Waals surface area (Å²) in [5.74, 6) is -0.484. The van der Waals surface area contributed by atoms with Gasteiger partial charge < -0.3 is 9.63 Å². The Labute approximate surface area is 130 Å². The molecule has 0 aliphatic rings. The van der Waals surface area contributed by atoms with E-state index >= 15 is 0 Å². The molecule has 0 bridgehead atoms. The highest BCUT2D eigenvalue weighted by Gasteiger charge is 2.19. The quantitative estimate of drug-likeness (QED) is 0.855. The minimum atomic E-state index is -2.63. The van der Waals surface area contributed by atoms with E-state index in [4.69, 9.17) is 4.52 Å². The molecule has 0 aliphatic carbocycles. The molecule has 2 rings (SSSR count). The van der Waals surface area contributed by atoms with E-state index in [0.717, 1.165) is 6.42 Å². The van der Waals surface area contributed by atoms with Gasteiger partial charge in [-0.3, -0.25) is 4.57 Å². The molecule has 0 radical (unpaired) electrons. The molecule has 4 nitrogen and oxygen atoms in total. The third-order valence-corrected chi connectivity index (χ3v) is 4.50. The maximum Gasteiger partial charge on any atom is 0.343 e. The molecule has 2 aromatic rings. The largest absolute Gasteiger partial charge is 0.508 e. The predicted molar refractivity (Wildman–Crippen MR) is 87.3 cm³/mol. The molecule has 22 heavy (non-hydrogen) atoms. The van der Waals surface area contributed by atoms with E-state index in [1.165, 1.54) is 6.07 Å². The first-order valence-corrected chi connectivity index (χ1v) is 8.48. The molecule has 0 aliphatic heterocycles. The Kier molecular flexibility index (Phi) is 5.40. The lowest BCUT2D eigenvalue weighted by Gasteiger charge is -2.12. The number of benzene rings is 2. The van der Waals surface area contributed by atoms with Crippen LogP contribution in [0.2, 0.25) is 0 Å². The lowest BCUT2D eigenvalue weighted by atomic mass is 9.98. The summed E-state index contributed by atoms with van der Waals surface area (Å²) in [6.07, 6.45) is 1.48. The Morgan fingerprint density at radius 2 is 1.91 bits per heavy atom. The van der Waals surface area contributed by atoms with Gasteiger partial charge in [0.2, 0.25) is 0 Å². The molecule has 1 atom stereocenters. The minimum Gasteiger partial charge on any atom is -0.508 e. The maximum atomic E-state index is 12.4. The minimum absolute atomic E-state index is 0.119. The van der Waals surface area contributed by atoms with Gasteiger partial charge in [-0.1, -0.05) is 31.5 Å². The Morgan fingerprint density at radius 3 is 2.55 bits per heavy atom. The summed E-state index contributed by atoms with van der Waals surface area (Å²) >= 11 is 0. The van der Waals surface area contributed by atoms with Crippen LogP contribution in [0, 0.1) is 6.92 Å². The molecule has 0 aromatic heterocycles. The summed E-state index contributed by atoms with van der Waals surface area (Å²) in [7, 11) is -2.63. The van der Waals surface area contributed by atoms with E-state index in [1.807, 2.05) is 13.0 Å². The second-order valence-electron chi connectivity index (χ2n) is 5.09. The van der Waals surface area contributed by atoms with Crippen LogP contribution in [0.5, 0.6) is 5.75 Å². The zero-order valence-electron chi connectivity index (χ0n) is 12.6. The number of hydrogen-bond acceptors (Lipinski definition) is 4. The molecule has 0 saturated carbocycles. The van der Waals surface area contributed by atoms with E-state index in [9.17, 15) is 14.5 Å². The molecular weight excluding hydrogens is 299 g/mol. The van der Waals surface area contributed by atoms with Crippen LogP contribution in [-0.4, -0.2) is 11.1 Å². The summed E-state index contributed by atoms with van der Waals surface area (Å²) in [5.41, 5.74) is 1.73. The number of hydrogen-bond donors (Lipinski definition) is 1.